The van der Waals surface area contributed by atoms with Gasteiger partial charge in [0.25, 0.3) is 0 Å². The van der Waals surface area contributed by atoms with Gasteiger partial charge in [-0.2, -0.15) is 0 Å². The van der Waals surface area contributed by atoms with Crippen LogP contribution in [-0.4, -0.2) is 17.1 Å². The molecule has 4 aliphatic carbocycles. The maximum Gasteiger partial charge on any atom is 0.0521 e. The van der Waals surface area contributed by atoms with Crippen LogP contribution in [-0.2, 0) is 0 Å². The van der Waals surface area contributed by atoms with E-state index in [9.17, 15) is 0 Å². The van der Waals surface area contributed by atoms with E-state index in [1.165, 1.54) is 49.7 Å². The van der Waals surface area contributed by atoms with Crippen molar-refractivity contribution in [1.29, 1.82) is 0 Å². The highest BCUT2D eigenvalue weighted by Crippen LogP contribution is 2.61. The van der Waals surface area contributed by atoms with Crippen molar-refractivity contribution in [2.24, 2.45) is 29.4 Å². The molecule has 4 N–H and O–H groups in total. The first-order valence-corrected chi connectivity index (χ1v) is 9.73. The van der Waals surface area contributed by atoms with Crippen LogP contribution in [0.5, 0.6) is 0 Å². The Morgan fingerprint density at radius 3 is 2.78 bits per heavy atom. The molecule has 5 rings (SSSR count). The van der Waals surface area contributed by atoms with Gasteiger partial charge in [0, 0.05) is 11.6 Å². The van der Waals surface area contributed by atoms with E-state index in [4.69, 9.17) is 5.73 Å². The molecule has 0 aromatic heterocycles. The first kappa shape index (κ1) is 14.7. The molecule has 1 spiro atoms. The Balaban J connectivity index is 1.48. The summed E-state index contributed by atoms with van der Waals surface area (Å²) in [6.07, 6.45) is 12.6. The Morgan fingerprint density at radius 2 is 2.04 bits per heavy atom. The molecule has 5 fully saturated rings. The molecule has 1 heterocycles. The van der Waals surface area contributed by atoms with Crippen molar-refractivity contribution in [3.63, 3.8) is 0 Å². The number of allylic oxidation sites excluding steroid dienone is 2. The lowest BCUT2D eigenvalue weighted by Crippen LogP contribution is -2.79. The van der Waals surface area contributed by atoms with Crippen molar-refractivity contribution in [1.82, 2.24) is 10.9 Å². The molecule has 0 aromatic carbocycles. The molecule has 4 saturated carbocycles. The monoisotopic (exact) mass is 313 g/mol. The molecule has 3 nitrogen and oxygen atoms in total. The minimum Gasteiger partial charge on any atom is -0.324 e. The molecule has 7 atom stereocenters. The second-order valence-corrected chi connectivity index (χ2v) is 9.04. The van der Waals surface area contributed by atoms with E-state index in [2.05, 4.69) is 30.4 Å². The predicted octanol–water partition coefficient (Wildman–Crippen LogP) is 3.04. The van der Waals surface area contributed by atoms with Crippen molar-refractivity contribution in [3.8, 4) is 0 Å². The van der Waals surface area contributed by atoms with Crippen LogP contribution >= 0.6 is 0 Å². The van der Waals surface area contributed by atoms with Gasteiger partial charge in [0.15, 0.2) is 0 Å². The average Bonchev–Trinajstić information content (AvgIpc) is 2.79. The van der Waals surface area contributed by atoms with Crippen LogP contribution in [0.25, 0.3) is 0 Å². The minimum atomic E-state index is 0.0306. The van der Waals surface area contributed by atoms with E-state index in [-0.39, 0.29) is 5.54 Å². The summed E-state index contributed by atoms with van der Waals surface area (Å²) in [7, 11) is 0. The quantitative estimate of drug-likeness (QED) is 0.644. The van der Waals surface area contributed by atoms with E-state index in [1.807, 2.05) is 0 Å². The van der Waals surface area contributed by atoms with Gasteiger partial charge in [-0.3, -0.25) is 5.43 Å². The zero-order valence-corrected chi connectivity index (χ0v) is 14.4. The van der Waals surface area contributed by atoms with Crippen LogP contribution in [0.15, 0.2) is 23.8 Å². The first-order valence-electron chi connectivity index (χ1n) is 9.73. The molecule has 0 radical (unpaired) electrons. The first-order chi connectivity index (χ1) is 11.1. The van der Waals surface area contributed by atoms with Gasteiger partial charge in [0.05, 0.1) is 5.54 Å². The SMILES string of the molecule is C=C1CC2CCC3C(CCC45NNC4CCC35)C2(N)C/C1=C/C. The summed E-state index contributed by atoms with van der Waals surface area (Å²) in [6, 6.07) is 0.733. The smallest absolute Gasteiger partial charge is 0.0521 e. The normalized spacial score (nSPS) is 56.3. The zero-order chi connectivity index (χ0) is 15.8. The molecule has 0 aromatic rings. The van der Waals surface area contributed by atoms with E-state index < -0.39 is 0 Å². The van der Waals surface area contributed by atoms with E-state index >= 15 is 0 Å². The molecule has 7 unspecified atom stereocenters. The lowest BCUT2D eigenvalue weighted by atomic mass is 9.48. The number of hydrogen-bond acceptors (Lipinski definition) is 3. The van der Waals surface area contributed by atoms with Gasteiger partial charge in [0.1, 0.15) is 0 Å². The fourth-order valence-electron chi connectivity index (χ4n) is 7.34. The van der Waals surface area contributed by atoms with Gasteiger partial charge in [0.2, 0.25) is 0 Å². The predicted molar refractivity (Wildman–Crippen MR) is 93.5 cm³/mol. The molecule has 1 aliphatic heterocycles. The highest BCUT2D eigenvalue weighted by molar-refractivity contribution is 5.36. The zero-order valence-electron chi connectivity index (χ0n) is 14.4. The van der Waals surface area contributed by atoms with Gasteiger partial charge in [-0.15, -0.1) is 0 Å². The maximum absolute atomic E-state index is 7.21. The number of fused-ring (bicyclic) bond motifs is 4. The summed E-state index contributed by atoms with van der Waals surface area (Å²) in [5.41, 5.74) is 17.6. The Morgan fingerprint density at radius 1 is 1.17 bits per heavy atom. The third-order valence-electron chi connectivity index (χ3n) is 8.52. The number of hydrazine groups is 1. The maximum atomic E-state index is 7.21. The van der Waals surface area contributed by atoms with Crippen molar-refractivity contribution in [3.05, 3.63) is 23.8 Å². The number of hydrogen-bond donors (Lipinski definition) is 3. The lowest BCUT2D eigenvalue weighted by Gasteiger charge is -2.63. The minimum absolute atomic E-state index is 0.0306. The van der Waals surface area contributed by atoms with Gasteiger partial charge >= 0.3 is 0 Å². The van der Waals surface area contributed by atoms with Crippen LogP contribution < -0.4 is 16.6 Å². The Labute approximate surface area is 140 Å². The van der Waals surface area contributed by atoms with Crippen molar-refractivity contribution >= 4 is 0 Å². The highest BCUT2D eigenvalue weighted by atomic mass is 15.5. The van der Waals surface area contributed by atoms with Crippen molar-refractivity contribution < 1.29 is 0 Å². The molecular weight excluding hydrogens is 282 g/mol. The highest BCUT2D eigenvalue weighted by Gasteiger charge is 2.65. The summed E-state index contributed by atoms with van der Waals surface area (Å²) in [6.45, 7) is 6.49. The van der Waals surface area contributed by atoms with Crippen LogP contribution in [0, 0.1) is 23.7 Å². The number of nitrogens with one attached hydrogen (secondary N) is 2. The van der Waals surface area contributed by atoms with Gasteiger partial charge in [-0.25, -0.2) is 5.43 Å². The van der Waals surface area contributed by atoms with E-state index in [0.29, 0.717) is 11.5 Å². The Kier molecular flexibility index (Phi) is 3.01. The topological polar surface area (TPSA) is 50.1 Å². The molecule has 0 amide bonds. The largest absolute Gasteiger partial charge is 0.324 e. The number of rotatable bonds is 0. The summed E-state index contributed by atoms with van der Waals surface area (Å²) in [5.74, 6) is 3.09. The van der Waals surface area contributed by atoms with Gasteiger partial charge in [-0.1, -0.05) is 18.2 Å². The molecule has 3 heteroatoms. The third kappa shape index (κ3) is 1.71. The summed E-state index contributed by atoms with van der Waals surface area (Å²) in [5, 5.41) is 0. The van der Waals surface area contributed by atoms with Crippen LogP contribution in [0.1, 0.15) is 58.3 Å². The molecule has 5 aliphatic rings. The van der Waals surface area contributed by atoms with E-state index in [0.717, 1.165) is 36.6 Å². The average molecular weight is 313 g/mol. The van der Waals surface area contributed by atoms with Gasteiger partial charge < -0.3 is 5.73 Å². The third-order valence-corrected chi connectivity index (χ3v) is 8.52. The molecule has 23 heavy (non-hydrogen) atoms. The van der Waals surface area contributed by atoms with E-state index in [1.54, 1.807) is 0 Å². The Hall–Kier alpha value is -0.640. The number of nitrogens with two attached hydrogens (primary N) is 1. The summed E-state index contributed by atoms with van der Waals surface area (Å²) >= 11 is 0. The van der Waals surface area contributed by atoms with Gasteiger partial charge in [-0.05, 0) is 87.5 Å². The summed E-state index contributed by atoms with van der Waals surface area (Å²) in [4.78, 5) is 0. The molecule has 126 valence electrons. The van der Waals surface area contributed by atoms with Crippen molar-refractivity contribution in [2.45, 2.75) is 75.4 Å². The fourth-order valence-corrected chi connectivity index (χ4v) is 7.34. The molecule has 1 saturated heterocycles. The van der Waals surface area contributed by atoms with Crippen molar-refractivity contribution in [2.75, 3.05) is 0 Å². The fraction of sp³-hybridized carbons (Fsp3) is 0.800. The van der Waals surface area contributed by atoms with Crippen LogP contribution in [0.2, 0.25) is 0 Å². The van der Waals surface area contributed by atoms with Crippen LogP contribution in [0.3, 0.4) is 0 Å². The molecule has 0 bridgehead atoms. The van der Waals surface area contributed by atoms with Crippen LogP contribution in [0.4, 0.5) is 0 Å². The molecular formula is C20H31N3. The Bertz CT molecular complexity index is 581. The standard InChI is InChI=1S/C20H31N3/c1-3-13-11-19(21)14(10-12(13)2)4-5-15-16(19)8-9-20-17(15)6-7-18(20)22-23-20/h3,14-18,22-23H,2,4-11,21H2,1H3/b13-3-. The lowest BCUT2D eigenvalue weighted by molar-refractivity contribution is -0.0779. The second-order valence-electron chi connectivity index (χ2n) is 9.04. The summed E-state index contributed by atoms with van der Waals surface area (Å²) < 4.78 is 0. The second kappa shape index (κ2) is 4.71.